The molecule has 0 spiro atoms. The molecule has 0 aliphatic rings. The van der Waals surface area contributed by atoms with Crippen LogP contribution in [0.4, 0.5) is 0 Å². The Kier molecular flexibility index (Phi) is 7.80. The molecular formula is C57H35N5O. The van der Waals surface area contributed by atoms with Gasteiger partial charge in [0.15, 0.2) is 23.1 Å². The summed E-state index contributed by atoms with van der Waals surface area (Å²) in [4.78, 5) is 15.1. The van der Waals surface area contributed by atoms with Crippen molar-refractivity contribution in [2.45, 2.75) is 0 Å². The molecule has 9 aromatic carbocycles. The number of hydrogen-bond donors (Lipinski definition) is 0. The second kappa shape index (κ2) is 14.0. The Bertz CT molecular complexity index is 3830. The van der Waals surface area contributed by atoms with Crippen LogP contribution in [0.5, 0.6) is 0 Å². The number of hydrogen-bond acceptors (Lipinski definition) is 4. The number of nitrogens with zero attached hydrogens (tertiary/aromatic N) is 5. The van der Waals surface area contributed by atoms with E-state index >= 15 is 0 Å². The van der Waals surface area contributed by atoms with Crippen molar-refractivity contribution >= 4 is 65.6 Å². The molecule has 0 amide bonds. The second-order valence-electron chi connectivity index (χ2n) is 16.0. The number of rotatable bonds is 6. The van der Waals surface area contributed by atoms with Crippen molar-refractivity contribution in [3.05, 3.63) is 212 Å². The molecule has 0 radical (unpaired) electrons. The summed E-state index contributed by atoms with van der Waals surface area (Å²) < 4.78 is 11.8. The Morgan fingerprint density at radius 3 is 1.60 bits per heavy atom. The topological polar surface area (TPSA) is 61.7 Å². The summed E-state index contributed by atoms with van der Waals surface area (Å²) in [5.41, 5.74) is 13.3. The average molecular weight is 806 g/mol. The van der Waals surface area contributed by atoms with Crippen molar-refractivity contribution in [2.75, 3.05) is 0 Å². The van der Waals surface area contributed by atoms with Gasteiger partial charge in [-0.3, -0.25) is 0 Å². The van der Waals surface area contributed by atoms with Crippen LogP contribution in [-0.4, -0.2) is 24.1 Å². The Balaban J connectivity index is 1.07. The molecule has 294 valence electrons. The molecular weight excluding hydrogens is 771 g/mol. The minimum absolute atomic E-state index is 0.612. The van der Waals surface area contributed by atoms with Gasteiger partial charge >= 0.3 is 0 Å². The fourth-order valence-corrected chi connectivity index (χ4v) is 9.51. The van der Waals surface area contributed by atoms with Gasteiger partial charge in [0.2, 0.25) is 0 Å². The average Bonchev–Trinajstić information content (AvgIpc) is 4.02. The first-order chi connectivity index (χ1) is 31.2. The van der Waals surface area contributed by atoms with Crippen LogP contribution in [0.3, 0.4) is 0 Å². The summed E-state index contributed by atoms with van der Waals surface area (Å²) in [7, 11) is 0. The van der Waals surface area contributed by atoms with Gasteiger partial charge in [-0.1, -0.05) is 152 Å². The van der Waals surface area contributed by atoms with Crippen LogP contribution >= 0.6 is 0 Å². The Labute approximate surface area is 361 Å². The van der Waals surface area contributed by atoms with Crippen molar-refractivity contribution in [3.8, 4) is 56.7 Å². The standard InChI is InChI=1S/C57H35N5O/c1-5-16-36(17-6-1)39-28-30-43-42-24-13-14-25-47(42)62(50(43)35-39)49-26-15-27-51-52(49)45-32-31-44-46-34-40(29-33-48(46)61(53(44)54(45)63-51)41-22-11-4-12-23-41)57-59-55(37-18-7-2-8-19-37)58-56(60-57)38-20-9-3-10-21-38/h1-35H. The number of furan rings is 1. The second-order valence-corrected chi connectivity index (χ2v) is 16.0. The van der Waals surface area contributed by atoms with Crippen LogP contribution in [0.1, 0.15) is 0 Å². The highest BCUT2D eigenvalue weighted by atomic mass is 16.3. The summed E-state index contributed by atoms with van der Waals surface area (Å²) >= 11 is 0. The van der Waals surface area contributed by atoms with Gasteiger partial charge in [0.25, 0.3) is 0 Å². The summed E-state index contributed by atoms with van der Waals surface area (Å²) in [6.45, 7) is 0. The van der Waals surface area contributed by atoms with E-state index in [4.69, 9.17) is 19.4 Å². The number of aromatic nitrogens is 5. The zero-order valence-corrected chi connectivity index (χ0v) is 33.9. The lowest BCUT2D eigenvalue weighted by atomic mass is 10.0. The smallest absolute Gasteiger partial charge is 0.164 e. The molecule has 13 aromatic rings. The van der Waals surface area contributed by atoms with Gasteiger partial charge in [0, 0.05) is 49.3 Å². The van der Waals surface area contributed by atoms with Gasteiger partial charge in [0.05, 0.1) is 33.1 Å². The van der Waals surface area contributed by atoms with Crippen molar-refractivity contribution in [1.82, 2.24) is 24.1 Å². The van der Waals surface area contributed by atoms with Crippen molar-refractivity contribution in [3.63, 3.8) is 0 Å². The van der Waals surface area contributed by atoms with E-state index in [-0.39, 0.29) is 0 Å². The molecule has 13 rings (SSSR count). The third-order valence-corrected chi connectivity index (χ3v) is 12.4. The highest BCUT2D eigenvalue weighted by Crippen LogP contribution is 2.44. The Hall–Kier alpha value is -8.61. The molecule has 0 bridgehead atoms. The fourth-order valence-electron chi connectivity index (χ4n) is 9.51. The van der Waals surface area contributed by atoms with Crippen LogP contribution in [0, 0.1) is 0 Å². The Morgan fingerprint density at radius 1 is 0.333 bits per heavy atom. The maximum atomic E-state index is 7.09. The van der Waals surface area contributed by atoms with E-state index in [1.807, 2.05) is 60.7 Å². The molecule has 6 heteroatoms. The summed E-state index contributed by atoms with van der Waals surface area (Å²) in [6.07, 6.45) is 0. The molecule has 0 N–H and O–H groups in total. The molecule has 6 nitrogen and oxygen atoms in total. The van der Waals surface area contributed by atoms with E-state index < -0.39 is 0 Å². The predicted octanol–water partition coefficient (Wildman–Crippen LogP) is 14.6. The SMILES string of the molecule is c1ccc(-c2ccc3c4ccccc4n(-c4cccc5oc6c(ccc7c8cc(-c9nc(-c%10ccccc%10)nc(-c%10ccccc%10)n9)ccc8n(-c8ccccc8)c76)c45)c3c2)cc1. The third kappa shape index (κ3) is 5.55. The van der Waals surface area contributed by atoms with Crippen LogP contribution in [-0.2, 0) is 0 Å². The molecule has 0 saturated carbocycles. The van der Waals surface area contributed by atoms with Crippen molar-refractivity contribution in [2.24, 2.45) is 0 Å². The largest absolute Gasteiger partial charge is 0.454 e. The minimum Gasteiger partial charge on any atom is -0.454 e. The first-order valence-corrected chi connectivity index (χ1v) is 21.2. The minimum atomic E-state index is 0.612. The van der Waals surface area contributed by atoms with Crippen LogP contribution in [0.25, 0.3) is 122 Å². The predicted molar refractivity (Wildman–Crippen MR) is 258 cm³/mol. The zero-order chi connectivity index (χ0) is 41.4. The van der Waals surface area contributed by atoms with E-state index in [9.17, 15) is 0 Å². The molecule has 63 heavy (non-hydrogen) atoms. The Morgan fingerprint density at radius 2 is 0.889 bits per heavy atom. The molecule has 0 atom stereocenters. The summed E-state index contributed by atoms with van der Waals surface area (Å²) in [5, 5.41) is 6.70. The lowest BCUT2D eigenvalue weighted by Gasteiger charge is -2.11. The molecule has 4 heterocycles. The molecule has 0 aliphatic heterocycles. The highest BCUT2D eigenvalue weighted by Gasteiger charge is 2.23. The first kappa shape index (κ1) is 35.2. The van der Waals surface area contributed by atoms with Crippen LogP contribution in [0.2, 0.25) is 0 Å². The molecule has 0 aliphatic carbocycles. The molecule has 0 unspecified atom stereocenters. The third-order valence-electron chi connectivity index (χ3n) is 12.4. The summed E-state index contributed by atoms with van der Waals surface area (Å²) in [6, 6.07) is 74.4. The first-order valence-electron chi connectivity index (χ1n) is 21.2. The monoisotopic (exact) mass is 805 g/mol. The van der Waals surface area contributed by atoms with E-state index in [1.54, 1.807) is 0 Å². The van der Waals surface area contributed by atoms with Gasteiger partial charge in [0.1, 0.15) is 5.58 Å². The van der Waals surface area contributed by atoms with Crippen LogP contribution in [0.15, 0.2) is 217 Å². The number of para-hydroxylation sites is 2. The quantitative estimate of drug-likeness (QED) is 0.168. The van der Waals surface area contributed by atoms with Gasteiger partial charge in [-0.25, -0.2) is 15.0 Å². The maximum absolute atomic E-state index is 7.09. The van der Waals surface area contributed by atoms with E-state index in [2.05, 4.69) is 161 Å². The van der Waals surface area contributed by atoms with E-state index in [0.29, 0.717) is 17.5 Å². The lowest BCUT2D eigenvalue weighted by molar-refractivity contribution is 0.671. The van der Waals surface area contributed by atoms with Crippen molar-refractivity contribution in [1.29, 1.82) is 0 Å². The maximum Gasteiger partial charge on any atom is 0.164 e. The molecule has 4 aromatic heterocycles. The van der Waals surface area contributed by atoms with Gasteiger partial charge in [-0.15, -0.1) is 0 Å². The molecule has 0 saturated heterocycles. The molecule has 0 fully saturated rings. The zero-order valence-electron chi connectivity index (χ0n) is 33.9. The summed E-state index contributed by atoms with van der Waals surface area (Å²) in [5.74, 6) is 1.87. The lowest BCUT2D eigenvalue weighted by Crippen LogP contribution is -2.00. The normalized spacial score (nSPS) is 11.8. The fraction of sp³-hybridized carbons (Fsp3) is 0. The van der Waals surface area contributed by atoms with Crippen molar-refractivity contribution < 1.29 is 4.42 Å². The van der Waals surface area contributed by atoms with Crippen LogP contribution < -0.4 is 0 Å². The highest BCUT2D eigenvalue weighted by molar-refractivity contribution is 6.23. The van der Waals surface area contributed by atoms with Gasteiger partial charge in [-0.05, 0) is 71.8 Å². The van der Waals surface area contributed by atoms with E-state index in [1.165, 1.54) is 21.9 Å². The van der Waals surface area contributed by atoms with Gasteiger partial charge < -0.3 is 13.6 Å². The van der Waals surface area contributed by atoms with E-state index in [0.717, 1.165) is 82.8 Å². The van der Waals surface area contributed by atoms with Gasteiger partial charge in [-0.2, -0.15) is 0 Å². The number of fused-ring (bicyclic) bond motifs is 10. The number of benzene rings is 9.